The second-order valence-corrected chi connectivity index (χ2v) is 7.06. The van der Waals surface area contributed by atoms with E-state index in [9.17, 15) is 9.18 Å². The standard InChI is InChI=1S/C23H25FN2O2/c1-25(2)18-10-8-17(9-11-18)16-26(3)23(27)15-13-19-12-14-22(28-19)20-6-4-5-7-21(20)24/h4-12,14H,13,15-16H2,1-3H3. The maximum atomic E-state index is 13.9. The third-order valence-electron chi connectivity index (χ3n) is 4.68. The highest BCUT2D eigenvalue weighted by Crippen LogP contribution is 2.25. The molecule has 0 spiro atoms. The third kappa shape index (κ3) is 4.80. The van der Waals surface area contributed by atoms with Crippen LogP contribution in [0.4, 0.5) is 10.1 Å². The molecule has 0 atom stereocenters. The Labute approximate surface area is 165 Å². The molecule has 0 fully saturated rings. The van der Waals surface area contributed by atoms with E-state index in [4.69, 9.17) is 4.42 Å². The number of furan rings is 1. The lowest BCUT2D eigenvalue weighted by Crippen LogP contribution is -2.26. The summed E-state index contributed by atoms with van der Waals surface area (Å²) in [6.45, 7) is 0.561. The molecule has 0 bridgehead atoms. The Balaban J connectivity index is 1.54. The summed E-state index contributed by atoms with van der Waals surface area (Å²) in [7, 11) is 5.79. The van der Waals surface area contributed by atoms with Crippen LogP contribution in [0.3, 0.4) is 0 Å². The van der Waals surface area contributed by atoms with E-state index in [2.05, 4.69) is 0 Å². The summed E-state index contributed by atoms with van der Waals surface area (Å²) < 4.78 is 19.6. The smallest absolute Gasteiger partial charge is 0.223 e. The zero-order valence-electron chi connectivity index (χ0n) is 16.5. The van der Waals surface area contributed by atoms with E-state index in [0.29, 0.717) is 36.5 Å². The molecule has 1 aromatic heterocycles. The van der Waals surface area contributed by atoms with Gasteiger partial charge in [0.05, 0.1) is 5.56 Å². The largest absolute Gasteiger partial charge is 0.461 e. The number of hydrogen-bond acceptors (Lipinski definition) is 3. The van der Waals surface area contributed by atoms with Crippen molar-refractivity contribution >= 4 is 11.6 Å². The van der Waals surface area contributed by atoms with Crippen molar-refractivity contribution in [3.05, 3.63) is 77.8 Å². The Morgan fingerprint density at radius 3 is 2.36 bits per heavy atom. The van der Waals surface area contributed by atoms with E-state index in [-0.39, 0.29) is 11.7 Å². The van der Waals surface area contributed by atoms with E-state index in [1.807, 2.05) is 43.3 Å². The van der Waals surface area contributed by atoms with Crippen LogP contribution >= 0.6 is 0 Å². The summed E-state index contributed by atoms with van der Waals surface area (Å²) in [5, 5.41) is 0. The molecular weight excluding hydrogens is 355 g/mol. The van der Waals surface area contributed by atoms with Gasteiger partial charge in [0.25, 0.3) is 0 Å². The van der Waals surface area contributed by atoms with Gasteiger partial charge in [0.1, 0.15) is 17.3 Å². The van der Waals surface area contributed by atoms with Crippen LogP contribution in [-0.4, -0.2) is 32.0 Å². The van der Waals surface area contributed by atoms with E-state index in [1.54, 1.807) is 42.3 Å². The normalized spacial score (nSPS) is 10.7. The fourth-order valence-corrected chi connectivity index (χ4v) is 3.00. The van der Waals surface area contributed by atoms with Crippen LogP contribution in [0, 0.1) is 5.82 Å². The maximum Gasteiger partial charge on any atom is 0.223 e. The predicted octanol–water partition coefficient (Wildman–Crippen LogP) is 4.74. The molecular formula is C23H25FN2O2. The van der Waals surface area contributed by atoms with Gasteiger partial charge in [-0.3, -0.25) is 4.79 Å². The maximum absolute atomic E-state index is 13.9. The van der Waals surface area contributed by atoms with Crippen LogP contribution in [0.15, 0.2) is 65.1 Å². The number of carbonyl (C=O) groups excluding carboxylic acids is 1. The van der Waals surface area contributed by atoms with Gasteiger partial charge in [-0.25, -0.2) is 4.39 Å². The van der Waals surface area contributed by atoms with Gasteiger partial charge in [-0.05, 0) is 42.0 Å². The molecule has 0 aliphatic rings. The van der Waals surface area contributed by atoms with E-state index in [1.165, 1.54) is 6.07 Å². The number of nitrogens with zero attached hydrogens (tertiary/aromatic N) is 2. The second-order valence-electron chi connectivity index (χ2n) is 7.06. The highest BCUT2D eigenvalue weighted by Gasteiger charge is 2.13. The number of aryl methyl sites for hydroxylation is 1. The van der Waals surface area contributed by atoms with Gasteiger partial charge in [-0.2, -0.15) is 0 Å². The second kappa shape index (κ2) is 8.74. The van der Waals surface area contributed by atoms with Gasteiger partial charge in [0, 0.05) is 46.2 Å². The molecule has 0 aliphatic carbocycles. The minimum atomic E-state index is -0.320. The Bertz CT molecular complexity index is 932. The molecule has 1 heterocycles. The summed E-state index contributed by atoms with van der Waals surface area (Å²) in [6, 6.07) is 18.2. The highest BCUT2D eigenvalue weighted by atomic mass is 19.1. The lowest BCUT2D eigenvalue weighted by atomic mass is 10.1. The monoisotopic (exact) mass is 380 g/mol. The first kappa shape index (κ1) is 19.7. The van der Waals surface area contributed by atoms with Gasteiger partial charge in [0.15, 0.2) is 0 Å². The van der Waals surface area contributed by atoms with Crippen LogP contribution in [-0.2, 0) is 17.8 Å². The molecule has 28 heavy (non-hydrogen) atoms. The van der Waals surface area contributed by atoms with Crippen molar-refractivity contribution in [2.45, 2.75) is 19.4 Å². The highest BCUT2D eigenvalue weighted by molar-refractivity contribution is 5.76. The van der Waals surface area contributed by atoms with Gasteiger partial charge in [-0.15, -0.1) is 0 Å². The Kier molecular flexibility index (Phi) is 6.14. The van der Waals surface area contributed by atoms with Crippen molar-refractivity contribution in [2.24, 2.45) is 0 Å². The number of amides is 1. The quantitative estimate of drug-likeness (QED) is 0.594. The Hall–Kier alpha value is -3.08. The molecule has 5 heteroatoms. The van der Waals surface area contributed by atoms with Crippen molar-refractivity contribution in [1.29, 1.82) is 0 Å². The van der Waals surface area contributed by atoms with Crippen molar-refractivity contribution in [3.63, 3.8) is 0 Å². The molecule has 4 nitrogen and oxygen atoms in total. The number of halogens is 1. The first-order chi connectivity index (χ1) is 13.4. The topological polar surface area (TPSA) is 36.7 Å². The molecule has 3 rings (SSSR count). The Morgan fingerprint density at radius 2 is 1.68 bits per heavy atom. The molecule has 0 radical (unpaired) electrons. The molecule has 3 aromatic rings. The number of benzene rings is 2. The van der Waals surface area contributed by atoms with Gasteiger partial charge in [-0.1, -0.05) is 24.3 Å². The predicted molar refractivity (Wildman–Crippen MR) is 110 cm³/mol. The van der Waals surface area contributed by atoms with E-state index in [0.717, 1.165) is 11.3 Å². The fraction of sp³-hybridized carbons (Fsp3) is 0.261. The van der Waals surface area contributed by atoms with E-state index >= 15 is 0 Å². The van der Waals surface area contributed by atoms with Crippen molar-refractivity contribution < 1.29 is 13.6 Å². The van der Waals surface area contributed by atoms with Crippen LogP contribution in [0.2, 0.25) is 0 Å². The SMILES string of the molecule is CN(Cc1ccc(N(C)C)cc1)C(=O)CCc1ccc(-c2ccccc2F)o1. The van der Waals surface area contributed by atoms with Gasteiger partial charge >= 0.3 is 0 Å². The summed E-state index contributed by atoms with van der Waals surface area (Å²) in [6.07, 6.45) is 0.827. The summed E-state index contributed by atoms with van der Waals surface area (Å²) >= 11 is 0. The number of anilines is 1. The Morgan fingerprint density at radius 1 is 0.964 bits per heavy atom. The molecule has 0 N–H and O–H groups in total. The minimum Gasteiger partial charge on any atom is -0.461 e. The molecule has 1 amide bonds. The van der Waals surface area contributed by atoms with Gasteiger partial charge in [0.2, 0.25) is 5.91 Å². The lowest BCUT2D eigenvalue weighted by Gasteiger charge is -2.18. The lowest BCUT2D eigenvalue weighted by molar-refractivity contribution is -0.130. The van der Waals surface area contributed by atoms with Crippen LogP contribution in [0.25, 0.3) is 11.3 Å². The first-order valence-electron chi connectivity index (χ1n) is 9.28. The molecule has 0 aliphatic heterocycles. The molecule has 2 aromatic carbocycles. The van der Waals surface area contributed by atoms with Crippen LogP contribution < -0.4 is 4.90 Å². The fourth-order valence-electron chi connectivity index (χ4n) is 3.00. The van der Waals surface area contributed by atoms with Crippen molar-refractivity contribution in [1.82, 2.24) is 4.90 Å². The average Bonchev–Trinajstić information content (AvgIpc) is 3.15. The molecule has 0 unspecified atom stereocenters. The third-order valence-corrected chi connectivity index (χ3v) is 4.68. The summed E-state index contributed by atoms with van der Waals surface area (Å²) in [4.78, 5) is 16.2. The van der Waals surface area contributed by atoms with Crippen LogP contribution in [0.1, 0.15) is 17.7 Å². The summed E-state index contributed by atoms with van der Waals surface area (Å²) in [5.41, 5.74) is 2.64. The minimum absolute atomic E-state index is 0.0422. The first-order valence-corrected chi connectivity index (χ1v) is 9.28. The molecule has 0 saturated heterocycles. The number of carbonyl (C=O) groups is 1. The molecule has 0 saturated carbocycles. The zero-order chi connectivity index (χ0) is 20.1. The molecule has 146 valence electrons. The average molecular weight is 380 g/mol. The summed E-state index contributed by atoms with van der Waals surface area (Å²) in [5.74, 6) is 0.880. The van der Waals surface area contributed by atoms with Crippen molar-refractivity contribution in [2.75, 3.05) is 26.0 Å². The van der Waals surface area contributed by atoms with Crippen LogP contribution in [0.5, 0.6) is 0 Å². The number of hydrogen-bond donors (Lipinski definition) is 0. The van der Waals surface area contributed by atoms with Crippen molar-refractivity contribution in [3.8, 4) is 11.3 Å². The van der Waals surface area contributed by atoms with Gasteiger partial charge < -0.3 is 14.2 Å². The van der Waals surface area contributed by atoms with E-state index < -0.39 is 0 Å². The number of rotatable bonds is 7. The zero-order valence-corrected chi connectivity index (χ0v) is 16.5.